The summed E-state index contributed by atoms with van der Waals surface area (Å²) in [5, 5.41) is 23.2. The summed E-state index contributed by atoms with van der Waals surface area (Å²) in [6.07, 6.45) is 1.97. The van der Waals surface area contributed by atoms with Gasteiger partial charge in [0.05, 0.1) is 20.7 Å². The number of hydrogen-bond acceptors (Lipinski definition) is 7. The van der Waals surface area contributed by atoms with E-state index in [2.05, 4.69) is 10.3 Å². The summed E-state index contributed by atoms with van der Waals surface area (Å²) in [4.78, 5) is 26.0. The number of nitrogens with zero attached hydrogens (tertiary/aromatic N) is 2. The van der Waals surface area contributed by atoms with Crippen molar-refractivity contribution in [2.24, 2.45) is 0 Å². The average molecular weight is 375 g/mol. The monoisotopic (exact) mass is 375 g/mol. The van der Waals surface area contributed by atoms with E-state index in [-0.39, 0.29) is 16.9 Å². The maximum absolute atomic E-state index is 11.2. The van der Waals surface area contributed by atoms with Gasteiger partial charge in [-0.25, -0.2) is 9.78 Å². The third-order valence-electron chi connectivity index (χ3n) is 3.53. The number of hydrogen-bond donors (Lipinski definition) is 2. The summed E-state index contributed by atoms with van der Waals surface area (Å²) in [5.74, 6) is -1.20. The van der Waals surface area contributed by atoms with Gasteiger partial charge in [0, 0.05) is 12.6 Å². The Kier molecular flexibility index (Phi) is 4.86. The quantitative estimate of drug-likeness (QED) is 0.377. The number of benzene rings is 2. The number of nitro benzene ring substituents is 1. The standard InChI is InChI=1S/C16H13N3O4S2/c1-24-16-18-12-4-2-9(6-14(12)25-16)8-17-11-5-3-10(15(20)21)7-13(11)19(22)23/h2-7,17H,8H2,1H3,(H,20,21). The third-order valence-corrected chi connectivity index (χ3v) is 5.54. The van der Waals surface area contributed by atoms with Gasteiger partial charge in [0.2, 0.25) is 0 Å². The third kappa shape index (κ3) is 3.72. The molecule has 0 atom stereocenters. The minimum Gasteiger partial charge on any atom is -0.478 e. The van der Waals surface area contributed by atoms with Gasteiger partial charge >= 0.3 is 5.97 Å². The minimum atomic E-state index is -1.20. The molecule has 25 heavy (non-hydrogen) atoms. The lowest BCUT2D eigenvalue weighted by atomic mass is 10.1. The molecular formula is C16H13N3O4S2. The Bertz CT molecular complexity index is 971. The van der Waals surface area contributed by atoms with Crippen LogP contribution in [0.1, 0.15) is 15.9 Å². The van der Waals surface area contributed by atoms with Crippen molar-refractivity contribution in [3.8, 4) is 0 Å². The van der Waals surface area contributed by atoms with Crippen molar-refractivity contribution in [2.75, 3.05) is 11.6 Å². The molecule has 1 heterocycles. The zero-order valence-corrected chi connectivity index (χ0v) is 14.7. The van der Waals surface area contributed by atoms with Crippen molar-refractivity contribution < 1.29 is 14.8 Å². The van der Waals surface area contributed by atoms with Gasteiger partial charge in [0.1, 0.15) is 5.69 Å². The van der Waals surface area contributed by atoms with E-state index in [1.54, 1.807) is 23.1 Å². The first kappa shape index (κ1) is 17.2. The number of carboxylic acids is 1. The second-order valence-electron chi connectivity index (χ2n) is 5.13. The molecule has 1 aromatic heterocycles. The predicted octanol–water partition coefficient (Wildman–Crippen LogP) is 4.24. The molecule has 0 spiro atoms. The van der Waals surface area contributed by atoms with Gasteiger partial charge in [-0.05, 0) is 36.1 Å². The van der Waals surface area contributed by atoms with Crippen LogP contribution in [0.2, 0.25) is 0 Å². The van der Waals surface area contributed by atoms with Crippen molar-refractivity contribution in [1.29, 1.82) is 0 Å². The van der Waals surface area contributed by atoms with Crippen molar-refractivity contribution >= 4 is 50.7 Å². The molecule has 3 aromatic rings. The highest BCUT2D eigenvalue weighted by Crippen LogP contribution is 2.30. The van der Waals surface area contributed by atoms with Crippen LogP contribution in [0.5, 0.6) is 0 Å². The van der Waals surface area contributed by atoms with Crippen LogP contribution in [0.15, 0.2) is 40.7 Å². The normalized spacial score (nSPS) is 10.8. The maximum atomic E-state index is 11.2. The molecule has 0 aliphatic carbocycles. The number of rotatable bonds is 6. The molecule has 0 radical (unpaired) electrons. The second-order valence-corrected chi connectivity index (χ2v) is 7.22. The number of thiazole rings is 1. The molecule has 7 nitrogen and oxygen atoms in total. The van der Waals surface area contributed by atoms with Crippen LogP contribution < -0.4 is 5.32 Å². The smallest absolute Gasteiger partial charge is 0.335 e. The van der Waals surface area contributed by atoms with Crippen LogP contribution in [0.25, 0.3) is 10.2 Å². The number of fused-ring (bicyclic) bond motifs is 1. The van der Waals surface area contributed by atoms with E-state index in [1.165, 1.54) is 12.1 Å². The van der Waals surface area contributed by atoms with Gasteiger partial charge < -0.3 is 10.4 Å². The second kappa shape index (κ2) is 7.08. The molecule has 0 saturated heterocycles. The predicted molar refractivity (Wildman–Crippen MR) is 98.8 cm³/mol. The van der Waals surface area contributed by atoms with Crippen LogP contribution in [0.4, 0.5) is 11.4 Å². The van der Waals surface area contributed by atoms with Crippen LogP contribution in [-0.2, 0) is 6.54 Å². The van der Waals surface area contributed by atoms with Crippen LogP contribution in [0, 0.1) is 10.1 Å². The summed E-state index contributed by atoms with van der Waals surface area (Å²) in [6, 6.07) is 9.65. The molecule has 0 amide bonds. The molecule has 0 bridgehead atoms. The summed E-state index contributed by atoms with van der Waals surface area (Å²) in [7, 11) is 0. The lowest BCUT2D eigenvalue weighted by Crippen LogP contribution is -2.05. The first-order valence-electron chi connectivity index (χ1n) is 7.17. The van der Waals surface area contributed by atoms with Crippen molar-refractivity contribution in [3.05, 3.63) is 57.6 Å². The number of carbonyl (C=O) groups is 1. The number of carboxylic acid groups (broad SMARTS) is 1. The molecule has 0 aliphatic heterocycles. The van der Waals surface area contributed by atoms with E-state index >= 15 is 0 Å². The first-order chi connectivity index (χ1) is 12.0. The summed E-state index contributed by atoms with van der Waals surface area (Å²) >= 11 is 3.19. The van der Waals surface area contributed by atoms with Gasteiger partial charge in [-0.15, -0.1) is 11.3 Å². The maximum Gasteiger partial charge on any atom is 0.335 e. The Morgan fingerprint density at radius 1 is 1.36 bits per heavy atom. The van der Waals surface area contributed by atoms with Crippen LogP contribution in [0.3, 0.4) is 0 Å². The molecule has 3 rings (SSSR count). The molecule has 0 unspecified atom stereocenters. The van der Waals surface area contributed by atoms with Crippen LogP contribution >= 0.6 is 23.1 Å². The molecule has 0 fully saturated rings. The number of nitrogens with one attached hydrogen (secondary N) is 1. The topological polar surface area (TPSA) is 105 Å². The highest BCUT2D eigenvalue weighted by Gasteiger charge is 2.17. The van der Waals surface area contributed by atoms with Crippen molar-refractivity contribution in [1.82, 2.24) is 4.98 Å². The lowest BCUT2D eigenvalue weighted by Gasteiger charge is -2.08. The average Bonchev–Trinajstić information content (AvgIpc) is 3.02. The van der Waals surface area contributed by atoms with Gasteiger partial charge in [-0.2, -0.15) is 0 Å². The van der Waals surface area contributed by atoms with E-state index in [4.69, 9.17) is 5.11 Å². The SMILES string of the molecule is CSc1nc2ccc(CNc3ccc(C(=O)O)cc3[N+](=O)[O-])cc2s1. The van der Waals surface area contributed by atoms with Crippen LogP contribution in [-0.4, -0.2) is 27.2 Å². The summed E-state index contributed by atoms with van der Waals surface area (Å²) in [6.45, 7) is 0.385. The number of aromatic nitrogens is 1. The Hall–Kier alpha value is -2.65. The highest BCUT2D eigenvalue weighted by molar-refractivity contribution is 8.00. The number of anilines is 1. The fourth-order valence-corrected chi connectivity index (χ4v) is 3.86. The van der Waals surface area contributed by atoms with E-state index in [0.29, 0.717) is 6.54 Å². The fraction of sp³-hybridized carbons (Fsp3) is 0.125. The molecule has 0 saturated carbocycles. The Balaban J connectivity index is 1.83. The van der Waals surface area contributed by atoms with E-state index < -0.39 is 10.9 Å². The minimum absolute atomic E-state index is 0.118. The van der Waals surface area contributed by atoms with E-state index in [1.807, 2.05) is 24.5 Å². The van der Waals surface area contributed by atoms with Crippen molar-refractivity contribution in [2.45, 2.75) is 10.9 Å². The Labute approximate surface area is 150 Å². The Morgan fingerprint density at radius 2 is 2.16 bits per heavy atom. The highest BCUT2D eigenvalue weighted by atomic mass is 32.2. The number of thioether (sulfide) groups is 1. The molecule has 0 aliphatic rings. The van der Waals surface area contributed by atoms with Gasteiger partial charge in [-0.3, -0.25) is 10.1 Å². The van der Waals surface area contributed by atoms with Gasteiger partial charge in [0.15, 0.2) is 4.34 Å². The molecule has 2 aromatic carbocycles. The first-order valence-corrected chi connectivity index (χ1v) is 9.21. The molecule has 128 valence electrons. The van der Waals surface area contributed by atoms with Crippen molar-refractivity contribution in [3.63, 3.8) is 0 Å². The fourth-order valence-electron chi connectivity index (χ4n) is 2.31. The molecule has 2 N–H and O–H groups in total. The summed E-state index contributed by atoms with van der Waals surface area (Å²) in [5.41, 5.74) is 1.79. The lowest BCUT2D eigenvalue weighted by molar-refractivity contribution is -0.384. The number of nitro groups is 1. The van der Waals surface area contributed by atoms with Gasteiger partial charge in [0.25, 0.3) is 5.69 Å². The molecule has 9 heteroatoms. The van der Waals surface area contributed by atoms with E-state index in [9.17, 15) is 14.9 Å². The zero-order chi connectivity index (χ0) is 18.0. The van der Waals surface area contributed by atoms with Gasteiger partial charge in [-0.1, -0.05) is 17.8 Å². The largest absolute Gasteiger partial charge is 0.478 e. The number of aromatic carboxylic acids is 1. The van der Waals surface area contributed by atoms with E-state index in [0.717, 1.165) is 26.2 Å². The Morgan fingerprint density at radius 3 is 2.84 bits per heavy atom. The molecular weight excluding hydrogens is 362 g/mol. The summed E-state index contributed by atoms with van der Waals surface area (Å²) < 4.78 is 2.04. The zero-order valence-electron chi connectivity index (χ0n) is 13.1.